The molecule has 4 heteroatoms. The Kier molecular flexibility index (Phi) is 3.54. The van der Waals surface area contributed by atoms with Gasteiger partial charge in [0.25, 0.3) is 5.91 Å². The van der Waals surface area contributed by atoms with Crippen LogP contribution in [0.2, 0.25) is 0 Å². The van der Waals surface area contributed by atoms with Gasteiger partial charge in [-0.25, -0.2) is 0 Å². The maximum absolute atomic E-state index is 12.0. The number of para-hydroxylation sites is 1. The minimum absolute atomic E-state index is 0.150. The molecule has 1 aromatic carbocycles. The number of pyridine rings is 1. The molecule has 0 aliphatic heterocycles. The molecule has 0 fully saturated rings. The van der Waals surface area contributed by atoms with Crippen molar-refractivity contribution in [3.63, 3.8) is 0 Å². The SMILES string of the molecule is Cc1ncccc1C(=O)Nc1ccccc1Br. The number of carbonyl (C=O) groups is 1. The van der Waals surface area contributed by atoms with Gasteiger partial charge in [-0.3, -0.25) is 9.78 Å². The van der Waals surface area contributed by atoms with E-state index in [2.05, 4.69) is 26.2 Å². The molecule has 0 radical (unpaired) electrons. The zero-order chi connectivity index (χ0) is 12.3. The van der Waals surface area contributed by atoms with Crippen LogP contribution in [0.5, 0.6) is 0 Å². The molecule has 1 aromatic heterocycles. The maximum atomic E-state index is 12.0. The summed E-state index contributed by atoms with van der Waals surface area (Å²) >= 11 is 3.39. The van der Waals surface area contributed by atoms with Crippen LogP contribution in [0.4, 0.5) is 5.69 Å². The van der Waals surface area contributed by atoms with Crippen LogP contribution in [-0.4, -0.2) is 10.9 Å². The Morgan fingerprint density at radius 2 is 2.00 bits per heavy atom. The zero-order valence-electron chi connectivity index (χ0n) is 9.27. The van der Waals surface area contributed by atoms with Gasteiger partial charge in [-0.1, -0.05) is 12.1 Å². The molecule has 0 unspecified atom stereocenters. The van der Waals surface area contributed by atoms with E-state index in [0.717, 1.165) is 15.9 Å². The normalized spacial score (nSPS) is 10.0. The molecule has 1 N–H and O–H groups in total. The van der Waals surface area contributed by atoms with Gasteiger partial charge in [0.1, 0.15) is 0 Å². The largest absolute Gasteiger partial charge is 0.321 e. The molecule has 0 saturated carbocycles. The molecule has 86 valence electrons. The summed E-state index contributed by atoms with van der Waals surface area (Å²) in [4.78, 5) is 16.1. The van der Waals surface area contributed by atoms with Crippen molar-refractivity contribution in [1.82, 2.24) is 4.98 Å². The lowest BCUT2D eigenvalue weighted by Crippen LogP contribution is -2.14. The predicted octanol–water partition coefficient (Wildman–Crippen LogP) is 3.40. The van der Waals surface area contributed by atoms with E-state index >= 15 is 0 Å². The van der Waals surface area contributed by atoms with Gasteiger partial charge in [-0.2, -0.15) is 0 Å². The number of aryl methyl sites for hydroxylation is 1. The van der Waals surface area contributed by atoms with Crippen LogP contribution in [-0.2, 0) is 0 Å². The second-order valence-corrected chi connectivity index (χ2v) is 4.42. The number of nitrogens with one attached hydrogen (secondary N) is 1. The summed E-state index contributed by atoms with van der Waals surface area (Å²) in [5.41, 5.74) is 2.06. The third kappa shape index (κ3) is 2.71. The highest BCUT2D eigenvalue weighted by Crippen LogP contribution is 2.22. The van der Waals surface area contributed by atoms with Crippen LogP contribution in [0.1, 0.15) is 16.1 Å². The van der Waals surface area contributed by atoms with Crippen LogP contribution in [0.25, 0.3) is 0 Å². The van der Waals surface area contributed by atoms with Gasteiger partial charge in [-0.15, -0.1) is 0 Å². The van der Waals surface area contributed by atoms with Crippen molar-refractivity contribution in [1.29, 1.82) is 0 Å². The van der Waals surface area contributed by atoms with Gasteiger partial charge in [0, 0.05) is 16.4 Å². The Labute approximate surface area is 108 Å². The quantitative estimate of drug-likeness (QED) is 0.921. The molecule has 2 rings (SSSR count). The fourth-order valence-corrected chi connectivity index (χ4v) is 1.86. The Hall–Kier alpha value is -1.68. The van der Waals surface area contributed by atoms with Gasteiger partial charge in [-0.05, 0) is 47.1 Å². The fraction of sp³-hybridized carbons (Fsp3) is 0.0769. The van der Waals surface area contributed by atoms with Crippen molar-refractivity contribution < 1.29 is 4.79 Å². The number of hydrogen-bond donors (Lipinski definition) is 1. The average Bonchev–Trinajstić information content (AvgIpc) is 2.32. The summed E-state index contributed by atoms with van der Waals surface area (Å²) in [5.74, 6) is -0.150. The molecule has 1 heterocycles. The highest BCUT2D eigenvalue weighted by Gasteiger charge is 2.10. The Morgan fingerprint density at radius 3 is 2.71 bits per heavy atom. The van der Waals surface area contributed by atoms with E-state index in [4.69, 9.17) is 0 Å². The van der Waals surface area contributed by atoms with Crippen LogP contribution in [0.3, 0.4) is 0 Å². The van der Waals surface area contributed by atoms with E-state index in [-0.39, 0.29) is 5.91 Å². The molecule has 1 amide bonds. The predicted molar refractivity (Wildman–Crippen MR) is 71.1 cm³/mol. The molecule has 2 aromatic rings. The molecular formula is C13H11BrN2O. The lowest BCUT2D eigenvalue weighted by molar-refractivity contribution is 0.102. The van der Waals surface area contributed by atoms with Crippen molar-refractivity contribution in [3.8, 4) is 0 Å². The van der Waals surface area contributed by atoms with Gasteiger partial charge in [0.05, 0.1) is 11.3 Å². The first kappa shape index (κ1) is 11.8. The molecule has 0 aliphatic rings. The van der Waals surface area contributed by atoms with Crippen LogP contribution < -0.4 is 5.32 Å². The van der Waals surface area contributed by atoms with E-state index < -0.39 is 0 Å². The third-order valence-electron chi connectivity index (χ3n) is 2.37. The molecule has 0 aliphatic carbocycles. The van der Waals surface area contributed by atoms with Crippen molar-refractivity contribution >= 4 is 27.5 Å². The van der Waals surface area contributed by atoms with Gasteiger partial charge < -0.3 is 5.32 Å². The Morgan fingerprint density at radius 1 is 1.24 bits per heavy atom. The summed E-state index contributed by atoms with van der Waals surface area (Å²) in [5, 5.41) is 2.84. The molecule has 17 heavy (non-hydrogen) atoms. The number of amides is 1. The Bertz CT molecular complexity index is 555. The molecule has 0 bridgehead atoms. The lowest BCUT2D eigenvalue weighted by Gasteiger charge is -2.08. The van der Waals surface area contributed by atoms with E-state index in [1.807, 2.05) is 31.2 Å². The van der Waals surface area contributed by atoms with Gasteiger partial charge in [0.2, 0.25) is 0 Å². The third-order valence-corrected chi connectivity index (χ3v) is 3.07. The number of benzene rings is 1. The molecular weight excluding hydrogens is 280 g/mol. The maximum Gasteiger partial charge on any atom is 0.257 e. The summed E-state index contributed by atoms with van der Waals surface area (Å²) in [6, 6.07) is 11.0. The van der Waals surface area contributed by atoms with Crippen LogP contribution in [0, 0.1) is 6.92 Å². The van der Waals surface area contributed by atoms with Crippen molar-refractivity contribution in [3.05, 3.63) is 58.3 Å². The van der Waals surface area contributed by atoms with Crippen LogP contribution in [0.15, 0.2) is 47.1 Å². The second kappa shape index (κ2) is 5.10. The number of nitrogens with zero attached hydrogens (tertiary/aromatic N) is 1. The summed E-state index contributed by atoms with van der Waals surface area (Å²) in [6.45, 7) is 1.81. The standard InChI is InChI=1S/C13H11BrN2O/c1-9-10(5-4-8-15-9)13(17)16-12-7-3-2-6-11(12)14/h2-8H,1H3,(H,16,17). The smallest absolute Gasteiger partial charge is 0.257 e. The van der Waals surface area contributed by atoms with E-state index in [1.165, 1.54) is 0 Å². The molecule has 0 spiro atoms. The molecule has 0 saturated heterocycles. The average molecular weight is 291 g/mol. The van der Waals surface area contributed by atoms with Crippen molar-refractivity contribution in [2.75, 3.05) is 5.32 Å². The summed E-state index contributed by atoms with van der Waals surface area (Å²) in [6.07, 6.45) is 1.67. The first-order valence-electron chi connectivity index (χ1n) is 5.16. The monoisotopic (exact) mass is 290 g/mol. The topological polar surface area (TPSA) is 42.0 Å². The summed E-state index contributed by atoms with van der Waals surface area (Å²) in [7, 11) is 0. The van der Waals surface area contributed by atoms with Crippen LogP contribution >= 0.6 is 15.9 Å². The minimum Gasteiger partial charge on any atom is -0.321 e. The first-order valence-corrected chi connectivity index (χ1v) is 5.95. The lowest BCUT2D eigenvalue weighted by atomic mass is 10.2. The van der Waals surface area contributed by atoms with E-state index in [9.17, 15) is 4.79 Å². The van der Waals surface area contributed by atoms with Crippen molar-refractivity contribution in [2.45, 2.75) is 6.92 Å². The highest BCUT2D eigenvalue weighted by molar-refractivity contribution is 9.10. The number of hydrogen-bond acceptors (Lipinski definition) is 2. The number of rotatable bonds is 2. The number of halogens is 1. The van der Waals surface area contributed by atoms with E-state index in [1.54, 1.807) is 18.3 Å². The van der Waals surface area contributed by atoms with Gasteiger partial charge >= 0.3 is 0 Å². The molecule has 3 nitrogen and oxygen atoms in total. The highest BCUT2D eigenvalue weighted by atomic mass is 79.9. The van der Waals surface area contributed by atoms with E-state index in [0.29, 0.717) is 5.56 Å². The van der Waals surface area contributed by atoms with Crippen molar-refractivity contribution in [2.24, 2.45) is 0 Å². The molecule has 0 atom stereocenters. The van der Waals surface area contributed by atoms with Gasteiger partial charge in [0.15, 0.2) is 0 Å². The summed E-state index contributed by atoms with van der Waals surface area (Å²) < 4.78 is 0.856. The zero-order valence-corrected chi connectivity index (χ0v) is 10.9. The second-order valence-electron chi connectivity index (χ2n) is 3.57. The fourth-order valence-electron chi connectivity index (χ4n) is 1.48. The minimum atomic E-state index is -0.150. The Balaban J connectivity index is 2.24. The number of anilines is 1. The first-order chi connectivity index (χ1) is 8.18. The number of aromatic nitrogens is 1. The number of carbonyl (C=O) groups excluding carboxylic acids is 1.